The zero-order valence-electron chi connectivity index (χ0n) is 21.2. The maximum Gasteiger partial charge on any atom is 0.403 e. The first-order chi connectivity index (χ1) is 18.2. The molecule has 2 unspecified atom stereocenters. The quantitative estimate of drug-likeness (QED) is 0.0526. The van der Waals surface area contributed by atoms with Gasteiger partial charge in [-0.15, -0.1) is 0 Å². The summed E-state index contributed by atoms with van der Waals surface area (Å²) in [7, 11) is -4.68. The number of hydrogen-bond acceptors (Lipinski definition) is 9. The van der Waals surface area contributed by atoms with E-state index in [1.165, 1.54) is 0 Å². The van der Waals surface area contributed by atoms with E-state index in [0.29, 0.717) is 19.4 Å². The summed E-state index contributed by atoms with van der Waals surface area (Å²) in [4.78, 5) is 78.4. The lowest BCUT2D eigenvalue weighted by Crippen LogP contribution is -2.44. The number of carboxylic acids is 4. The molecule has 0 heterocycles. The van der Waals surface area contributed by atoms with Gasteiger partial charge in [-0.05, 0) is 45.1 Å². The maximum atomic E-state index is 12.2. The highest BCUT2D eigenvalue weighted by atomic mass is 31.2. The predicted octanol–water partition coefficient (Wildman–Crippen LogP) is -0.771. The number of carbonyl (C=O) groups excluding carboxylic acids is 2. The Bertz CT molecular complexity index is 901. The average molecular weight is 585 g/mol. The van der Waals surface area contributed by atoms with Crippen molar-refractivity contribution in [2.75, 3.05) is 13.2 Å². The highest BCUT2D eigenvalue weighted by molar-refractivity contribution is 7.50. The molecule has 0 aromatic carbocycles. The van der Waals surface area contributed by atoms with Crippen molar-refractivity contribution in [1.82, 2.24) is 15.7 Å². The summed E-state index contributed by atoms with van der Waals surface area (Å²) in [6, 6.07) is -4.49. The molecule has 10 N–H and O–H groups in total. The number of unbranched alkanes of at least 4 members (excludes halogenated alkanes) is 2. The van der Waals surface area contributed by atoms with Gasteiger partial charge in [-0.1, -0.05) is 6.42 Å². The normalized spacial score (nSPS) is 14.8. The lowest BCUT2D eigenvalue weighted by Gasteiger charge is -2.19. The summed E-state index contributed by atoms with van der Waals surface area (Å²) in [5, 5.41) is 42.6. The van der Waals surface area contributed by atoms with Gasteiger partial charge < -0.3 is 41.7 Å². The van der Waals surface area contributed by atoms with Crippen molar-refractivity contribution in [3.8, 4) is 0 Å². The largest absolute Gasteiger partial charge is 0.481 e. The maximum absolute atomic E-state index is 12.2. The Morgan fingerprint density at radius 1 is 0.692 bits per heavy atom. The molecule has 0 saturated carbocycles. The van der Waals surface area contributed by atoms with Gasteiger partial charge in [0, 0.05) is 19.3 Å². The molecular formula is C21H37N4O13P. The van der Waals surface area contributed by atoms with Gasteiger partial charge in [0.1, 0.15) is 18.1 Å². The third-order valence-corrected chi connectivity index (χ3v) is 6.37. The van der Waals surface area contributed by atoms with E-state index in [1.54, 1.807) is 0 Å². The van der Waals surface area contributed by atoms with E-state index in [9.17, 15) is 48.4 Å². The van der Waals surface area contributed by atoms with Crippen LogP contribution in [0.25, 0.3) is 0 Å². The van der Waals surface area contributed by atoms with Gasteiger partial charge in [0.2, 0.25) is 11.8 Å². The number of amides is 2. The van der Waals surface area contributed by atoms with Crippen LogP contribution in [0.4, 0.5) is 0 Å². The van der Waals surface area contributed by atoms with Crippen LogP contribution in [0.1, 0.15) is 64.2 Å². The molecule has 0 spiro atoms. The second-order valence-corrected chi connectivity index (χ2v) is 10.1. The Morgan fingerprint density at radius 3 is 1.72 bits per heavy atom. The smallest absolute Gasteiger partial charge is 0.403 e. The van der Waals surface area contributed by atoms with Gasteiger partial charge in [0.05, 0.1) is 6.61 Å². The summed E-state index contributed by atoms with van der Waals surface area (Å²) in [6.45, 7) is -0.0359. The van der Waals surface area contributed by atoms with Gasteiger partial charge in [0.25, 0.3) is 0 Å². The molecule has 0 aliphatic carbocycles. The molecule has 224 valence electrons. The summed E-state index contributed by atoms with van der Waals surface area (Å²) in [5.74, 6) is -6.99. The Kier molecular flexibility index (Phi) is 17.5. The van der Waals surface area contributed by atoms with Crippen molar-refractivity contribution in [2.45, 2.75) is 82.3 Å². The monoisotopic (exact) mass is 584 g/mol. The number of aliphatic carboxylic acids is 4. The molecular weight excluding hydrogens is 547 g/mol. The lowest BCUT2D eigenvalue weighted by atomic mass is 10.1. The zero-order chi connectivity index (χ0) is 30.0. The molecule has 0 radical (unpaired) electrons. The molecule has 2 amide bonds. The van der Waals surface area contributed by atoms with E-state index in [2.05, 4.69) is 10.6 Å². The highest BCUT2D eigenvalue weighted by Crippen LogP contribution is 2.38. The van der Waals surface area contributed by atoms with Crippen LogP contribution in [0.2, 0.25) is 0 Å². The molecule has 0 rings (SSSR count). The van der Waals surface area contributed by atoms with Crippen LogP contribution in [0.15, 0.2) is 0 Å². The number of rotatable bonds is 23. The van der Waals surface area contributed by atoms with Crippen LogP contribution in [-0.4, -0.2) is 92.3 Å². The summed E-state index contributed by atoms with van der Waals surface area (Å²) in [6.07, 6.45) is -0.160. The molecule has 18 heteroatoms. The third-order valence-electron chi connectivity index (χ3n) is 5.20. The van der Waals surface area contributed by atoms with Gasteiger partial charge in [-0.2, -0.15) is 0 Å². The molecule has 0 aliphatic rings. The minimum Gasteiger partial charge on any atom is -0.481 e. The fourth-order valence-corrected chi connectivity index (χ4v) is 4.24. The molecule has 0 saturated heterocycles. The van der Waals surface area contributed by atoms with E-state index in [-0.39, 0.29) is 25.7 Å². The number of carboxylic acid groups (broad SMARTS) is 4. The zero-order valence-corrected chi connectivity index (χ0v) is 22.1. The Labute approximate surface area is 224 Å². The predicted molar refractivity (Wildman–Crippen MR) is 132 cm³/mol. The van der Waals surface area contributed by atoms with Gasteiger partial charge in [0.15, 0.2) is 0 Å². The van der Waals surface area contributed by atoms with Crippen LogP contribution in [0.3, 0.4) is 0 Å². The molecule has 4 atom stereocenters. The van der Waals surface area contributed by atoms with Crippen LogP contribution in [0, 0.1) is 0 Å². The molecule has 0 aromatic rings. The molecule has 0 fully saturated rings. The van der Waals surface area contributed by atoms with E-state index < -0.39 is 87.4 Å². The van der Waals surface area contributed by atoms with E-state index in [0.717, 1.165) is 6.42 Å². The topological polar surface area (TPSA) is 292 Å². The molecule has 0 aliphatic heterocycles. The minimum atomic E-state index is -4.68. The van der Waals surface area contributed by atoms with Crippen molar-refractivity contribution in [3.63, 3.8) is 0 Å². The highest BCUT2D eigenvalue weighted by Gasteiger charge is 2.30. The van der Waals surface area contributed by atoms with Gasteiger partial charge in [-0.25, -0.2) is 19.2 Å². The SMILES string of the molecule is NCCCCCC(=O)N[C@@H](CCC(=O)N[C@@H](CCCOP(=O)(O)NC(CCC(=O)O)C(=O)O)C(=O)O)C(=O)O. The third kappa shape index (κ3) is 17.9. The molecule has 39 heavy (non-hydrogen) atoms. The van der Waals surface area contributed by atoms with Crippen LogP contribution in [0.5, 0.6) is 0 Å². The van der Waals surface area contributed by atoms with E-state index in [4.69, 9.17) is 20.5 Å². The number of hydrogen-bond donors (Lipinski definition) is 9. The van der Waals surface area contributed by atoms with Crippen molar-refractivity contribution in [2.24, 2.45) is 5.73 Å². The number of nitrogens with one attached hydrogen (secondary N) is 3. The number of nitrogens with two attached hydrogens (primary N) is 1. The fourth-order valence-electron chi connectivity index (χ4n) is 3.15. The van der Waals surface area contributed by atoms with Crippen LogP contribution < -0.4 is 21.5 Å². The van der Waals surface area contributed by atoms with Crippen molar-refractivity contribution in [3.05, 3.63) is 0 Å². The molecule has 0 aromatic heterocycles. The van der Waals surface area contributed by atoms with Crippen LogP contribution in [-0.2, 0) is 37.9 Å². The Balaban J connectivity index is 4.66. The van der Waals surface area contributed by atoms with Crippen molar-refractivity contribution in [1.29, 1.82) is 0 Å². The second kappa shape index (κ2) is 19.0. The van der Waals surface area contributed by atoms with Crippen molar-refractivity contribution < 1.29 is 63.2 Å². The van der Waals surface area contributed by atoms with Gasteiger partial charge >= 0.3 is 31.6 Å². The summed E-state index contributed by atoms with van der Waals surface area (Å²) in [5.41, 5.74) is 5.36. The average Bonchev–Trinajstić information content (AvgIpc) is 2.83. The van der Waals surface area contributed by atoms with Gasteiger partial charge in [-0.3, -0.25) is 23.7 Å². The minimum absolute atomic E-state index is 0.0920. The summed E-state index contributed by atoms with van der Waals surface area (Å²) < 4.78 is 16.7. The number of carbonyl (C=O) groups is 6. The van der Waals surface area contributed by atoms with E-state index in [1.807, 2.05) is 5.09 Å². The lowest BCUT2D eigenvalue weighted by molar-refractivity contribution is -0.143. The first kappa shape index (κ1) is 35.9. The molecule has 0 bridgehead atoms. The summed E-state index contributed by atoms with van der Waals surface area (Å²) >= 11 is 0. The molecule has 17 nitrogen and oxygen atoms in total. The fraction of sp³-hybridized carbons (Fsp3) is 0.714. The Hall–Kier alpha value is -3.11. The second-order valence-electron chi connectivity index (χ2n) is 8.50. The Morgan fingerprint density at radius 2 is 1.21 bits per heavy atom. The van der Waals surface area contributed by atoms with Crippen molar-refractivity contribution >= 4 is 43.4 Å². The first-order valence-corrected chi connectivity index (χ1v) is 13.7. The van der Waals surface area contributed by atoms with E-state index >= 15 is 0 Å². The van der Waals surface area contributed by atoms with Crippen LogP contribution >= 0.6 is 7.75 Å². The standard InChI is InChI=1S/C21H37N4O13P/c22-11-3-1-2-6-16(26)24-14(20(32)33)7-9-17(27)23-13(19(30)31)5-4-12-38-39(36,37)25-15(21(34)35)8-10-18(28)29/h13-15H,1-12,22H2,(H,23,27)(H,24,26)(H,28,29)(H,30,31)(H,32,33)(H,34,35)(H2,25,36,37)/t13-,14-,15?/m0/s1. The first-order valence-electron chi connectivity index (χ1n) is 12.1.